The van der Waals surface area contributed by atoms with E-state index >= 15 is 0 Å². The van der Waals surface area contributed by atoms with Crippen LogP contribution < -0.4 is 4.90 Å². The molecule has 7 nitrogen and oxygen atoms in total. The van der Waals surface area contributed by atoms with Gasteiger partial charge in [0.2, 0.25) is 17.7 Å². The van der Waals surface area contributed by atoms with Gasteiger partial charge >= 0.3 is 0 Å². The summed E-state index contributed by atoms with van der Waals surface area (Å²) in [5.74, 6) is 2.48. The lowest BCUT2D eigenvalue weighted by atomic mass is 10.1. The van der Waals surface area contributed by atoms with Crippen molar-refractivity contribution in [3.8, 4) is 17.1 Å². The van der Waals surface area contributed by atoms with Gasteiger partial charge in [0.05, 0.1) is 11.4 Å². The van der Waals surface area contributed by atoms with Crippen LogP contribution in [0.3, 0.4) is 0 Å². The van der Waals surface area contributed by atoms with Gasteiger partial charge < -0.3 is 9.32 Å². The second kappa shape index (κ2) is 9.23. The fourth-order valence-corrected chi connectivity index (χ4v) is 4.82. The third-order valence-corrected chi connectivity index (χ3v) is 6.54. The van der Waals surface area contributed by atoms with Gasteiger partial charge in [-0.1, -0.05) is 52.0 Å². The number of aromatic nitrogens is 5. The Morgan fingerprint density at radius 2 is 1.74 bits per heavy atom. The number of piperidine rings is 1. The quantitative estimate of drug-likeness (QED) is 0.332. The third kappa shape index (κ3) is 4.52. The highest BCUT2D eigenvalue weighted by atomic mass is 79.9. The Hall–Kier alpha value is -2.65. The number of hydrogen-bond acceptors (Lipinski definition) is 7. The molecule has 5 rings (SSSR count). The second-order valence-corrected chi connectivity index (χ2v) is 9.16. The number of halogens is 1. The van der Waals surface area contributed by atoms with E-state index in [-0.39, 0.29) is 0 Å². The van der Waals surface area contributed by atoms with E-state index < -0.39 is 0 Å². The first kappa shape index (κ1) is 20.3. The Kier molecular flexibility index (Phi) is 6.04. The molecule has 31 heavy (non-hydrogen) atoms. The van der Waals surface area contributed by atoms with Gasteiger partial charge in [-0.15, -0.1) is 20.4 Å². The van der Waals surface area contributed by atoms with E-state index in [9.17, 15) is 0 Å². The fraction of sp³-hybridized carbons (Fsp3) is 0.273. The van der Waals surface area contributed by atoms with E-state index in [2.05, 4.69) is 57.9 Å². The van der Waals surface area contributed by atoms with Gasteiger partial charge in [0.25, 0.3) is 0 Å². The number of benzene rings is 2. The number of anilines is 1. The molecule has 0 saturated carbocycles. The molecule has 0 bridgehead atoms. The molecule has 4 aromatic rings. The molecule has 158 valence electrons. The van der Waals surface area contributed by atoms with Crippen molar-refractivity contribution in [1.82, 2.24) is 25.0 Å². The maximum absolute atomic E-state index is 5.88. The minimum absolute atomic E-state index is 0.510. The summed E-state index contributed by atoms with van der Waals surface area (Å²) in [6.45, 7) is 2.02. The average molecular weight is 497 g/mol. The molecule has 0 spiro atoms. The Morgan fingerprint density at radius 3 is 2.55 bits per heavy atom. The summed E-state index contributed by atoms with van der Waals surface area (Å²) in [5, 5.41) is 18.3. The van der Waals surface area contributed by atoms with E-state index in [1.807, 2.05) is 42.5 Å². The predicted molar refractivity (Wildman–Crippen MR) is 124 cm³/mol. The molecule has 1 saturated heterocycles. The zero-order valence-corrected chi connectivity index (χ0v) is 19.2. The van der Waals surface area contributed by atoms with Crippen molar-refractivity contribution in [2.45, 2.75) is 30.2 Å². The Balaban J connectivity index is 1.39. The summed E-state index contributed by atoms with van der Waals surface area (Å²) >= 11 is 5.03. The molecule has 0 amide bonds. The van der Waals surface area contributed by atoms with Crippen molar-refractivity contribution in [2.24, 2.45) is 0 Å². The molecular weight excluding hydrogens is 476 g/mol. The van der Waals surface area contributed by atoms with Crippen molar-refractivity contribution in [3.63, 3.8) is 0 Å². The summed E-state index contributed by atoms with van der Waals surface area (Å²) in [7, 11) is 0. The second-order valence-electron chi connectivity index (χ2n) is 7.30. The van der Waals surface area contributed by atoms with Gasteiger partial charge in [-0.25, -0.2) is 0 Å². The molecule has 9 heteroatoms. The lowest BCUT2D eigenvalue weighted by Gasteiger charge is -2.27. The summed E-state index contributed by atoms with van der Waals surface area (Å²) < 4.78 is 8.98. The van der Waals surface area contributed by atoms with Crippen molar-refractivity contribution in [3.05, 3.63) is 65.0 Å². The molecule has 0 radical (unpaired) electrons. The van der Waals surface area contributed by atoms with E-state index in [1.165, 1.54) is 19.3 Å². The monoisotopic (exact) mass is 496 g/mol. The smallest absolute Gasteiger partial charge is 0.247 e. The van der Waals surface area contributed by atoms with Crippen molar-refractivity contribution >= 4 is 33.6 Å². The number of nitrogens with zero attached hydrogens (tertiary/aromatic N) is 6. The highest BCUT2D eigenvalue weighted by Gasteiger charge is 2.22. The van der Waals surface area contributed by atoms with Crippen LogP contribution in [0.5, 0.6) is 0 Å². The van der Waals surface area contributed by atoms with Gasteiger partial charge in [-0.05, 0) is 49.6 Å². The lowest BCUT2D eigenvalue weighted by Crippen LogP contribution is -2.31. The van der Waals surface area contributed by atoms with Crippen LogP contribution in [0.15, 0.2) is 68.6 Å². The highest BCUT2D eigenvalue weighted by Crippen LogP contribution is 2.30. The summed E-state index contributed by atoms with van der Waals surface area (Å²) in [6.07, 6.45) is 3.64. The van der Waals surface area contributed by atoms with E-state index in [0.29, 0.717) is 17.5 Å². The molecule has 1 fully saturated rings. The number of thioether (sulfide) groups is 1. The number of hydrogen-bond donors (Lipinski definition) is 0. The Labute approximate surface area is 193 Å². The van der Waals surface area contributed by atoms with E-state index in [4.69, 9.17) is 4.42 Å². The fourth-order valence-electron chi connectivity index (χ4n) is 3.63. The van der Waals surface area contributed by atoms with Crippen LogP contribution >= 0.6 is 27.7 Å². The van der Waals surface area contributed by atoms with Crippen LogP contribution in [0.4, 0.5) is 5.95 Å². The van der Waals surface area contributed by atoms with Crippen LogP contribution in [0.25, 0.3) is 17.1 Å². The van der Waals surface area contributed by atoms with Crippen molar-refractivity contribution in [1.29, 1.82) is 0 Å². The lowest BCUT2D eigenvalue weighted by molar-refractivity contribution is 0.528. The minimum atomic E-state index is 0.510. The van der Waals surface area contributed by atoms with Crippen LogP contribution in [-0.2, 0) is 5.75 Å². The molecule has 0 N–H and O–H groups in total. The Morgan fingerprint density at radius 1 is 0.903 bits per heavy atom. The first-order valence-corrected chi connectivity index (χ1v) is 12.0. The zero-order chi connectivity index (χ0) is 21.0. The number of rotatable bonds is 6. The maximum atomic E-state index is 5.88. The predicted octanol–water partition coefficient (Wildman–Crippen LogP) is 5.36. The molecule has 2 aromatic carbocycles. The summed E-state index contributed by atoms with van der Waals surface area (Å²) in [4.78, 5) is 2.33. The van der Waals surface area contributed by atoms with Crippen molar-refractivity contribution < 1.29 is 4.42 Å². The minimum Gasteiger partial charge on any atom is -0.420 e. The third-order valence-electron chi connectivity index (χ3n) is 5.13. The molecule has 1 aliphatic heterocycles. The highest BCUT2D eigenvalue weighted by molar-refractivity contribution is 9.10. The summed E-state index contributed by atoms with van der Waals surface area (Å²) in [5.41, 5.74) is 1.94. The van der Waals surface area contributed by atoms with Crippen LogP contribution in [0.2, 0.25) is 0 Å². The van der Waals surface area contributed by atoms with Crippen LogP contribution in [-0.4, -0.2) is 38.1 Å². The topological polar surface area (TPSA) is 72.9 Å². The SMILES string of the molecule is Brc1cccc(-c2nnc(CSc3nnc(N4CCCCC4)n3-c3ccccc3)o2)c1. The average Bonchev–Trinajstić information content (AvgIpc) is 3.46. The molecular formula is C22H21BrN6OS. The van der Waals surface area contributed by atoms with Gasteiger partial charge in [0, 0.05) is 23.1 Å². The summed E-state index contributed by atoms with van der Waals surface area (Å²) in [6, 6.07) is 18.1. The molecule has 3 heterocycles. The zero-order valence-electron chi connectivity index (χ0n) is 16.8. The molecule has 2 aromatic heterocycles. The van der Waals surface area contributed by atoms with Gasteiger partial charge in [0.15, 0.2) is 5.16 Å². The van der Waals surface area contributed by atoms with E-state index in [0.717, 1.165) is 39.9 Å². The first-order chi connectivity index (χ1) is 15.3. The molecule has 1 aliphatic rings. The standard InChI is InChI=1S/C22H21BrN6OS/c23-17-9-7-8-16(14-17)20-25-24-19(30-20)15-31-22-27-26-21(28-12-5-2-6-13-28)29(22)18-10-3-1-4-11-18/h1,3-4,7-11,14H,2,5-6,12-13,15H2. The first-order valence-electron chi connectivity index (χ1n) is 10.2. The van der Waals surface area contributed by atoms with E-state index in [1.54, 1.807) is 11.8 Å². The van der Waals surface area contributed by atoms with Gasteiger partial charge in [-0.2, -0.15) is 0 Å². The number of para-hydroxylation sites is 1. The normalized spacial score (nSPS) is 14.2. The molecule has 0 atom stereocenters. The largest absolute Gasteiger partial charge is 0.420 e. The van der Waals surface area contributed by atoms with Crippen LogP contribution in [0.1, 0.15) is 25.2 Å². The van der Waals surface area contributed by atoms with Crippen molar-refractivity contribution in [2.75, 3.05) is 18.0 Å². The van der Waals surface area contributed by atoms with Gasteiger partial charge in [0.1, 0.15) is 0 Å². The van der Waals surface area contributed by atoms with Gasteiger partial charge in [-0.3, -0.25) is 4.57 Å². The molecule has 0 unspecified atom stereocenters. The Bertz CT molecular complexity index is 1160. The maximum Gasteiger partial charge on any atom is 0.247 e. The van der Waals surface area contributed by atoms with Crippen LogP contribution in [0, 0.1) is 0 Å². The molecule has 0 aliphatic carbocycles.